The molecule has 0 spiro atoms. The van der Waals surface area contributed by atoms with Gasteiger partial charge in [-0.3, -0.25) is 4.68 Å². The third-order valence-electron chi connectivity index (χ3n) is 2.31. The fourth-order valence-corrected chi connectivity index (χ4v) is 1.44. The largest absolute Gasteiger partial charge is 0.396 e. The van der Waals surface area contributed by atoms with Crippen molar-refractivity contribution in [3.05, 3.63) is 11.9 Å². The lowest BCUT2D eigenvalue weighted by Gasteiger charge is -2.06. The number of aliphatic hydroxyl groups excluding tert-OH is 1. The number of hydrogen-bond acceptors (Lipinski definition) is 5. The van der Waals surface area contributed by atoms with Gasteiger partial charge in [0.15, 0.2) is 0 Å². The van der Waals surface area contributed by atoms with Crippen LogP contribution in [0.1, 0.15) is 26.0 Å². The highest BCUT2D eigenvalue weighted by Gasteiger charge is 2.00. The summed E-state index contributed by atoms with van der Waals surface area (Å²) in [5.74, 6) is 0.580. The van der Waals surface area contributed by atoms with Crippen molar-refractivity contribution in [3.8, 4) is 0 Å². The Bertz CT molecular complexity index is 315. The third kappa shape index (κ3) is 6.68. The summed E-state index contributed by atoms with van der Waals surface area (Å²) in [6, 6.07) is 0. The van der Waals surface area contributed by atoms with E-state index in [-0.39, 0.29) is 6.61 Å². The Morgan fingerprint density at radius 2 is 2.33 bits per heavy atom. The first-order valence-corrected chi connectivity index (χ1v) is 6.50. The molecule has 0 fully saturated rings. The number of nitrogens with one attached hydrogen (secondary N) is 1. The summed E-state index contributed by atoms with van der Waals surface area (Å²) in [6.45, 7) is 8.20. The van der Waals surface area contributed by atoms with Crippen molar-refractivity contribution in [2.45, 2.75) is 33.4 Å². The molecule has 1 rings (SSSR count). The zero-order chi connectivity index (χ0) is 13.2. The Balaban J connectivity index is 2.06. The van der Waals surface area contributed by atoms with Crippen LogP contribution in [0.15, 0.2) is 6.20 Å². The minimum absolute atomic E-state index is 0.181. The van der Waals surface area contributed by atoms with Gasteiger partial charge in [0.2, 0.25) is 0 Å². The first kappa shape index (κ1) is 15.1. The lowest BCUT2D eigenvalue weighted by atomic mass is 10.2. The zero-order valence-electron chi connectivity index (χ0n) is 11.3. The van der Waals surface area contributed by atoms with E-state index in [0.717, 1.165) is 25.5 Å². The molecule has 0 saturated carbocycles. The Morgan fingerprint density at radius 1 is 1.50 bits per heavy atom. The quantitative estimate of drug-likeness (QED) is 0.594. The highest BCUT2D eigenvalue weighted by molar-refractivity contribution is 4.91. The maximum absolute atomic E-state index is 8.71. The van der Waals surface area contributed by atoms with E-state index in [9.17, 15) is 0 Å². The van der Waals surface area contributed by atoms with Gasteiger partial charge >= 0.3 is 0 Å². The van der Waals surface area contributed by atoms with E-state index in [2.05, 4.69) is 29.5 Å². The van der Waals surface area contributed by atoms with E-state index in [1.54, 1.807) is 4.68 Å². The summed E-state index contributed by atoms with van der Waals surface area (Å²) in [5, 5.41) is 20.0. The smallest absolute Gasteiger partial charge is 0.0964 e. The predicted molar refractivity (Wildman–Crippen MR) is 69.1 cm³/mol. The summed E-state index contributed by atoms with van der Waals surface area (Å²) < 4.78 is 7.21. The molecule has 0 radical (unpaired) electrons. The molecule has 0 aliphatic rings. The summed E-state index contributed by atoms with van der Waals surface area (Å²) in [7, 11) is 0. The average molecular weight is 256 g/mol. The number of ether oxygens (including phenoxy) is 1. The molecule has 1 heterocycles. The van der Waals surface area contributed by atoms with Crippen LogP contribution in [0.4, 0.5) is 0 Å². The van der Waals surface area contributed by atoms with Crippen molar-refractivity contribution in [2.24, 2.45) is 5.92 Å². The van der Waals surface area contributed by atoms with Gasteiger partial charge in [0, 0.05) is 39.0 Å². The van der Waals surface area contributed by atoms with Crippen LogP contribution in [-0.4, -0.2) is 46.5 Å². The normalized spacial score (nSPS) is 11.3. The molecule has 0 aromatic carbocycles. The summed E-state index contributed by atoms with van der Waals surface area (Å²) in [4.78, 5) is 0. The zero-order valence-corrected chi connectivity index (χ0v) is 11.3. The van der Waals surface area contributed by atoms with Gasteiger partial charge in [-0.2, -0.15) is 0 Å². The number of nitrogens with zero attached hydrogens (tertiary/aromatic N) is 3. The number of aromatic nitrogens is 3. The molecular weight excluding hydrogens is 232 g/mol. The van der Waals surface area contributed by atoms with Crippen LogP contribution in [0.5, 0.6) is 0 Å². The van der Waals surface area contributed by atoms with Gasteiger partial charge in [0.25, 0.3) is 0 Å². The Kier molecular flexibility index (Phi) is 7.55. The second kappa shape index (κ2) is 9.02. The molecule has 0 amide bonds. The molecule has 6 nitrogen and oxygen atoms in total. The lowest BCUT2D eigenvalue weighted by Crippen LogP contribution is -2.20. The summed E-state index contributed by atoms with van der Waals surface area (Å²) in [5.41, 5.74) is 0.914. The highest BCUT2D eigenvalue weighted by Crippen LogP contribution is 1.94. The molecular formula is C12H24N4O2. The standard InChI is InChI=1S/C12H24N4O2/c1-11(2)10-18-7-4-13-8-12-9-16(15-14-12)5-3-6-17/h9,11,13,17H,3-8,10H2,1-2H3. The van der Waals surface area contributed by atoms with Crippen molar-refractivity contribution in [1.82, 2.24) is 20.3 Å². The molecule has 0 saturated heterocycles. The van der Waals surface area contributed by atoms with Gasteiger partial charge in [-0.15, -0.1) is 5.10 Å². The van der Waals surface area contributed by atoms with E-state index in [0.29, 0.717) is 25.4 Å². The van der Waals surface area contributed by atoms with Crippen molar-refractivity contribution >= 4 is 0 Å². The SMILES string of the molecule is CC(C)COCCNCc1cn(CCCO)nn1. The lowest BCUT2D eigenvalue weighted by molar-refractivity contribution is 0.111. The van der Waals surface area contributed by atoms with Gasteiger partial charge in [-0.1, -0.05) is 19.1 Å². The van der Waals surface area contributed by atoms with Gasteiger partial charge < -0.3 is 15.2 Å². The molecule has 0 atom stereocenters. The molecule has 104 valence electrons. The number of aryl methyl sites for hydroxylation is 1. The second-order valence-electron chi connectivity index (χ2n) is 4.70. The van der Waals surface area contributed by atoms with Crippen LogP contribution in [0.3, 0.4) is 0 Å². The maximum atomic E-state index is 8.71. The van der Waals surface area contributed by atoms with E-state index in [4.69, 9.17) is 9.84 Å². The van der Waals surface area contributed by atoms with Crippen LogP contribution < -0.4 is 5.32 Å². The molecule has 0 aliphatic heterocycles. The molecule has 0 aliphatic carbocycles. The molecule has 0 unspecified atom stereocenters. The number of aliphatic hydroxyl groups is 1. The van der Waals surface area contributed by atoms with Crippen LogP contribution in [0, 0.1) is 5.92 Å². The van der Waals surface area contributed by atoms with Gasteiger partial charge in [0.05, 0.1) is 12.3 Å². The van der Waals surface area contributed by atoms with Crippen LogP contribution in [0.2, 0.25) is 0 Å². The predicted octanol–water partition coefficient (Wildman–Crippen LogP) is 0.423. The molecule has 18 heavy (non-hydrogen) atoms. The Labute approximate surface area is 108 Å². The highest BCUT2D eigenvalue weighted by atomic mass is 16.5. The first-order valence-electron chi connectivity index (χ1n) is 6.50. The van der Waals surface area contributed by atoms with Crippen molar-refractivity contribution in [1.29, 1.82) is 0 Å². The third-order valence-corrected chi connectivity index (χ3v) is 2.31. The minimum Gasteiger partial charge on any atom is -0.396 e. The minimum atomic E-state index is 0.181. The number of hydrogen-bond donors (Lipinski definition) is 2. The van der Waals surface area contributed by atoms with E-state index in [1.165, 1.54) is 0 Å². The molecule has 0 bridgehead atoms. The maximum Gasteiger partial charge on any atom is 0.0964 e. The molecule has 1 aromatic rings. The Hall–Kier alpha value is -0.980. The molecule has 1 aromatic heterocycles. The van der Waals surface area contributed by atoms with Crippen molar-refractivity contribution in [2.75, 3.05) is 26.4 Å². The van der Waals surface area contributed by atoms with Crippen LogP contribution >= 0.6 is 0 Å². The Morgan fingerprint density at radius 3 is 3.06 bits per heavy atom. The fourth-order valence-electron chi connectivity index (χ4n) is 1.44. The molecule has 6 heteroatoms. The summed E-state index contributed by atoms with van der Waals surface area (Å²) in [6.07, 6.45) is 2.61. The van der Waals surface area contributed by atoms with E-state index < -0.39 is 0 Å². The second-order valence-corrected chi connectivity index (χ2v) is 4.70. The van der Waals surface area contributed by atoms with Gasteiger partial charge in [0.1, 0.15) is 0 Å². The van der Waals surface area contributed by atoms with Gasteiger partial charge in [-0.25, -0.2) is 0 Å². The van der Waals surface area contributed by atoms with Crippen LogP contribution in [0.25, 0.3) is 0 Å². The van der Waals surface area contributed by atoms with Crippen molar-refractivity contribution in [3.63, 3.8) is 0 Å². The van der Waals surface area contributed by atoms with Gasteiger partial charge in [-0.05, 0) is 12.3 Å². The topological polar surface area (TPSA) is 72.2 Å². The summed E-state index contributed by atoms with van der Waals surface area (Å²) >= 11 is 0. The van der Waals surface area contributed by atoms with Crippen LogP contribution in [-0.2, 0) is 17.8 Å². The fraction of sp³-hybridized carbons (Fsp3) is 0.833. The first-order chi connectivity index (χ1) is 8.72. The van der Waals surface area contributed by atoms with E-state index in [1.807, 2.05) is 6.20 Å². The average Bonchev–Trinajstić information content (AvgIpc) is 2.78. The van der Waals surface area contributed by atoms with Crippen molar-refractivity contribution < 1.29 is 9.84 Å². The van der Waals surface area contributed by atoms with E-state index >= 15 is 0 Å². The monoisotopic (exact) mass is 256 g/mol. The number of rotatable bonds is 10. The molecule has 2 N–H and O–H groups in total.